The summed E-state index contributed by atoms with van der Waals surface area (Å²) in [5.74, 6) is 1.02. The largest absolute Gasteiger partial charge is 0.472 e. The molecule has 0 aromatic carbocycles. The van der Waals surface area contributed by atoms with E-state index in [4.69, 9.17) is 37.0 Å². The summed E-state index contributed by atoms with van der Waals surface area (Å²) in [6, 6.07) is 0. The third-order valence-electron chi connectivity index (χ3n) is 19.2. The molecule has 3 N–H and O–H groups in total. The second-order valence-corrected chi connectivity index (χ2v) is 32.2. The van der Waals surface area contributed by atoms with Crippen molar-refractivity contribution < 1.29 is 80.2 Å². The SMILES string of the molecule is CCC(C)CCCCCCCCCCCCCCCCCCCCC(=O)OC[C@H](COP(=O)(O)OCC(O)COP(=O)(O)OC[C@@H](COC(=O)CCCCCCCCCCC(C)C)OC(=O)CCCCCCCCCCC(C)CC)OC(=O)CCCCCCCCCCC(C)CC. The van der Waals surface area contributed by atoms with Gasteiger partial charge in [-0.1, -0.05) is 344 Å². The fraction of sp³-hybridized carbons (Fsp3) is 0.949. The first-order valence-electron chi connectivity index (χ1n) is 40.3. The van der Waals surface area contributed by atoms with Crippen LogP contribution in [0.5, 0.6) is 0 Å². The van der Waals surface area contributed by atoms with Gasteiger partial charge in [-0.2, -0.15) is 0 Å². The van der Waals surface area contributed by atoms with E-state index in [0.717, 1.165) is 114 Å². The number of hydrogen-bond acceptors (Lipinski definition) is 15. The number of phosphoric acid groups is 2. The molecule has 0 aliphatic heterocycles. The van der Waals surface area contributed by atoms with E-state index in [1.165, 1.54) is 199 Å². The van der Waals surface area contributed by atoms with Crippen molar-refractivity contribution in [3.8, 4) is 0 Å². The van der Waals surface area contributed by atoms with Gasteiger partial charge in [0.2, 0.25) is 0 Å². The van der Waals surface area contributed by atoms with Crippen LogP contribution < -0.4 is 0 Å². The molecule has 0 bridgehead atoms. The number of esters is 4. The normalized spacial score (nSPS) is 14.9. The highest BCUT2D eigenvalue weighted by atomic mass is 31.2. The Bertz CT molecular complexity index is 1910. The van der Waals surface area contributed by atoms with Crippen LogP contribution in [0.3, 0.4) is 0 Å². The van der Waals surface area contributed by atoms with Gasteiger partial charge in [-0.15, -0.1) is 0 Å². The van der Waals surface area contributed by atoms with Gasteiger partial charge in [-0.05, 0) is 49.4 Å². The summed E-state index contributed by atoms with van der Waals surface area (Å²) in [5, 5.41) is 10.6. The van der Waals surface area contributed by atoms with Crippen LogP contribution in [0.25, 0.3) is 0 Å². The van der Waals surface area contributed by atoms with Crippen LogP contribution in [-0.2, 0) is 65.4 Å². The minimum absolute atomic E-state index is 0.104. The van der Waals surface area contributed by atoms with Crippen LogP contribution >= 0.6 is 15.6 Å². The first-order chi connectivity index (χ1) is 46.7. The van der Waals surface area contributed by atoms with Crippen molar-refractivity contribution in [1.29, 1.82) is 0 Å². The van der Waals surface area contributed by atoms with Gasteiger partial charge in [0.05, 0.1) is 26.4 Å². The molecule has 0 saturated heterocycles. The van der Waals surface area contributed by atoms with Gasteiger partial charge in [-0.3, -0.25) is 37.3 Å². The molecule has 19 heteroatoms. The lowest BCUT2D eigenvalue weighted by molar-refractivity contribution is -0.161. The van der Waals surface area contributed by atoms with E-state index in [-0.39, 0.29) is 25.7 Å². The van der Waals surface area contributed by atoms with E-state index < -0.39 is 97.5 Å². The van der Waals surface area contributed by atoms with Gasteiger partial charge in [0.25, 0.3) is 0 Å². The summed E-state index contributed by atoms with van der Waals surface area (Å²) in [4.78, 5) is 72.8. The summed E-state index contributed by atoms with van der Waals surface area (Å²) >= 11 is 0. The zero-order valence-electron chi connectivity index (χ0n) is 63.7. The molecule has 0 saturated carbocycles. The molecule has 0 rings (SSSR count). The second kappa shape index (κ2) is 67.2. The summed E-state index contributed by atoms with van der Waals surface area (Å²) in [6.07, 6.45) is 52.8. The maximum absolute atomic E-state index is 13.1. The van der Waals surface area contributed by atoms with E-state index in [2.05, 4.69) is 55.4 Å². The molecular formula is C78H152O17P2. The molecule has 0 aromatic rings. The van der Waals surface area contributed by atoms with E-state index >= 15 is 0 Å². The fourth-order valence-electron chi connectivity index (χ4n) is 11.8. The first kappa shape index (κ1) is 95.1. The molecule has 6 unspecified atom stereocenters. The number of ether oxygens (including phenoxy) is 4. The molecule has 0 fully saturated rings. The minimum atomic E-state index is -4.96. The lowest BCUT2D eigenvalue weighted by Gasteiger charge is -2.21. The number of aliphatic hydroxyl groups is 1. The first-order valence-corrected chi connectivity index (χ1v) is 43.3. The summed E-state index contributed by atoms with van der Waals surface area (Å²) in [6.45, 7) is 14.2. The van der Waals surface area contributed by atoms with Gasteiger partial charge >= 0.3 is 39.5 Å². The Morgan fingerprint density at radius 1 is 0.289 bits per heavy atom. The number of carbonyl (C=O) groups excluding carboxylic acids is 4. The van der Waals surface area contributed by atoms with E-state index in [0.29, 0.717) is 25.7 Å². The molecule has 0 aromatic heterocycles. The Morgan fingerprint density at radius 3 is 0.732 bits per heavy atom. The maximum Gasteiger partial charge on any atom is 0.472 e. The number of carbonyl (C=O) groups is 4. The Morgan fingerprint density at radius 2 is 0.495 bits per heavy atom. The smallest absolute Gasteiger partial charge is 0.462 e. The number of phosphoric ester groups is 2. The minimum Gasteiger partial charge on any atom is -0.462 e. The van der Waals surface area contributed by atoms with Crippen molar-refractivity contribution in [1.82, 2.24) is 0 Å². The van der Waals surface area contributed by atoms with Crippen molar-refractivity contribution in [2.24, 2.45) is 23.7 Å². The van der Waals surface area contributed by atoms with Crippen LogP contribution in [0.4, 0.5) is 0 Å². The van der Waals surface area contributed by atoms with Gasteiger partial charge in [0.1, 0.15) is 19.3 Å². The Labute approximate surface area is 594 Å². The van der Waals surface area contributed by atoms with Crippen molar-refractivity contribution >= 4 is 39.5 Å². The third-order valence-corrected chi connectivity index (χ3v) is 21.1. The lowest BCUT2D eigenvalue weighted by atomic mass is 9.99. The molecule has 0 amide bonds. The average Bonchev–Trinajstić information content (AvgIpc) is 1.50. The predicted molar refractivity (Wildman–Crippen MR) is 395 cm³/mol. The standard InChI is InChI=1S/C78H152O17P2/c1-9-69(6)55-47-39-31-22-20-18-16-14-12-13-15-17-19-21-23-34-42-50-58-75(80)88-64-73(94-77(82)60-52-44-36-28-25-32-40-48-56-70(7)10-2)66-92-96(84,85)90-62-72(79)63-91-97(86,87)93-67-74(65-89-76(81)59-51-43-35-27-24-30-38-46-54-68(4)5)95-78(83)61-53-45-37-29-26-33-41-49-57-71(8)11-3/h68-74,79H,9-67H2,1-8H3,(H,84,85)(H,86,87)/t69?,70?,71?,72?,73-,74-/m1/s1. The van der Waals surface area contributed by atoms with E-state index in [1.807, 2.05) is 0 Å². The Balaban J connectivity index is 5.18. The molecular weight excluding hydrogens is 1270 g/mol. The van der Waals surface area contributed by atoms with E-state index in [9.17, 15) is 43.2 Å². The zero-order valence-corrected chi connectivity index (χ0v) is 65.5. The monoisotopic (exact) mass is 1420 g/mol. The van der Waals surface area contributed by atoms with E-state index in [1.54, 1.807) is 0 Å². The number of hydrogen-bond donors (Lipinski definition) is 3. The molecule has 97 heavy (non-hydrogen) atoms. The molecule has 0 spiro atoms. The lowest BCUT2D eigenvalue weighted by Crippen LogP contribution is -2.30. The predicted octanol–water partition coefficient (Wildman–Crippen LogP) is 22.8. The molecule has 576 valence electrons. The number of unbranched alkanes of at least 4 members (excludes halogenated alkanes) is 38. The van der Waals surface area contributed by atoms with Crippen LogP contribution in [0.15, 0.2) is 0 Å². The van der Waals surface area contributed by atoms with Crippen molar-refractivity contribution in [2.75, 3.05) is 39.6 Å². The second-order valence-electron chi connectivity index (χ2n) is 29.3. The maximum atomic E-state index is 13.1. The van der Waals surface area contributed by atoms with Crippen LogP contribution in [0.2, 0.25) is 0 Å². The average molecular weight is 1420 g/mol. The molecule has 0 aliphatic carbocycles. The van der Waals surface area contributed by atoms with Crippen molar-refractivity contribution in [3.63, 3.8) is 0 Å². The molecule has 17 nitrogen and oxygen atoms in total. The highest BCUT2D eigenvalue weighted by Gasteiger charge is 2.30. The summed E-state index contributed by atoms with van der Waals surface area (Å²) in [7, 11) is -9.91. The van der Waals surface area contributed by atoms with Crippen molar-refractivity contribution in [2.45, 2.75) is 414 Å². The van der Waals surface area contributed by atoms with Crippen LogP contribution in [0, 0.1) is 23.7 Å². The van der Waals surface area contributed by atoms with Gasteiger partial charge in [-0.25, -0.2) is 9.13 Å². The number of rotatable bonds is 75. The Kier molecular flexibility index (Phi) is 65.9. The van der Waals surface area contributed by atoms with Crippen LogP contribution in [-0.4, -0.2) is 96.7 Å². The third kappa shape index (κ3) is 68.3. The highest BCUT2D eigenvalue weighted by Crippen LogP contribution is 2.45. The van der Waals surface area contributed by atoms with Crippen LogP contribution in [0.1, 0.15) is 396 Å². The quantitative estimate of drug-likeness (QED) is 0.0222. The van der Waals surface area contributed by atoms with Gasteiger partial charge in [0, 0.05) is 25.7 Å². The fourth-order valence-corrected chi connectivity index (χ4v) is 13.4. The molecule has 0 aliphatic rings. The zero-order chi connectivity index (χ0) is 71.7. The van der Waals surface area contributed by atoms with Crippen molar-refractivity contribution in [3.05, 3.63) is 0 Å². The highest BCUT2D eigenvalue weighted by molar-refractivity contribution is 7.47. The number of aliphatic hydroxyl groups excluding tert-OH is 1. The molecule has 0 heterocycles. The molecule has 0 radical (unpaired) electrons. The van der Waals surface area contributed by atoms with Gasteiger partial charge in [0.15, 0.2) is 12.2 Å². The summed E-state index contributed by atoms with van der Waals surface area (Å²) < 4.78 is 68.5. The summed E-state index contributed by atoms with van der Waals surface area (Å²) in [5.41, 5.74) is 0. The molecule has 8 atom stereocenters. The Hall–Kier alpha value is -1.94. The van der Waals surface area contributed by atoms with Gasteiger partial charge < -0.3 is 33.8 Å². The topological polar surface area (TPSA) is 237 Å².